The second-order valence-corrected chi connectivity index (χ2v) is 6.88. The van der Waals surface area contributed by atoms with Crippen molar-refractivity contribution in [3.63, 3.8) is 0 Å². The number of benzene rings is 1. The molecule has 2 aliphatic rings. The van der Waals surface area contributed by atoms with Crippen LogP contribution in [0, 0.1) is 0 Å². The predicted octanol–water partition coefficient (Wildman–Crippen LogP) is 3.42. The van der Waals surface area contributed by atoms with Crippen molar-refractivity contribution in [2.45, 2.75) is 38.3 Å². The maximum Gasteiger partial charge on any atom is 0.227 e. The number of thiophene rings is 1. The SMILES string of the molecule is O=C(Cc1ccc2c(c1)CCO2)N(Cc1ccsc1)C1CC1. The molecule has 1 aliphatic carbocycles. The standard InChI is InChI=1S/C18H19NO2S/c20-18(10-13-1-4-17-15(9-13)5-7-21-17)19(16-2-3-16)11-14-6-8-22-12-14/h1,4,6,8-9,12,16H,2-3,5,7,10-11H2. The van der Waals surface area contributed by atoms with Gasteiger partial charge in [-0.25, -0.2) is 0 Å². The van der Waals surface area contributed by atoms with E-state index in [0.717, 1.165) is 43.7 Å². The van der Waals surface area contributed by atoms with Gasteiger partial charge in [-0.15, -0.1) is 0 Å². The van der Waals surface area contributed by atoms with Crippen molar-refractivity contribution in [2.75, 3.05) is 6.61 Å². The summed E-state index contributed by atoms with van der Waals surface area (Å²) in [6, 6.07) is 8.73. The fraction of sp³-hybridized carbons (Fsp3) is 0.389. The van der Waals surface area contributed by atoms with Crippen molar-refractivity contribution < 1.29 is 9.53 Å². The highest BCUT2D eigenvalue weighted by atomic mass is 32.1. The smallest absolute Gasteiger partial charge is 0.227 e. The molecule has 1 amide bonds. The van der Waals surface area contributed by atoms with Gasteiger partial charge in [-0.05, 0) is 52.4 Å². The van der Waals surface area contributed by atoms with Crippen molar-refractivity contribution in [1.29, 1.82) is 0 Å². The van der Waals surface area contributed by atoms with Crippen LogP contribution < -0.4 is 4.74 Å². The minimum Gasteiger partial charge on any atom is -0.493 e. The van der Waals surface area contributed by atoms with Crippen molar-refractivity contribution in [2.24, 2.45) is 0 Å². The van der Waals surface area contributed by atoms with E-state index in [2.05, 4.69) is 27.8 Å². The summed E-state index contributed by atoms with van der Waals surface area (Å²) in [5.41, 5.74) is 3.58. The van der Waals surface area contributed by atoms with Crippen LogP contribution in [0.1, 0.15) is 29.5 Å². The van der Waals surface area contributed by atoms with Gasteiger partial charge < -0.3 is 9.64 Å². The number of ether oxygens (including phenoxy) is 1. The second-order valence-electron chi connectivity index (χ2n) is 6.10. The molecule has 1 fully saturated rings. The molecule has 4 heteroatoms. The fourth-order valence-electron chi connectivity index (χ4n) is 3.01. The molecule has 0 saturated heterocycles. The first-order valence-corrected chi connectivity index (χ1v) is 8.79. The highest BCUT2D eigenvalue weighted by molar-refractivity contribution is 7.07. The molecule has 0 radical (unpaired) electrons. The number of hydrogen-bond donors (Lipinski definition) is 0. The molecular weight excluding hydrogens is 294 g/mol. The summed E-state index contributed by atoms with van der Waals surface area (Å²) in [5.74, 6) is 1.22. The van der Waals surface area contributed by atoms with Crippen molar-refractivity contribution >= 4 is 17.2 Å². The highest BCUT2D eigenvalue weighted by Crippen LogP contribution is 2.30. The molecule has 114 valence electrons. The van der Waals surface area contributed by atoms with Gasteiger partial charge in [0, 0.05) is 19.0 Å². The average molecular weight is 313 g/mol. The molecule has 0 atom stereocenters. The minimum atomic E-state index is 0.243. The molecule has 0 spiro atoms. The molecule has 1 aliphatic heterocycles. The molecule has 1 aromatic heterocycles. The van der Waals surface area contributed by atoms with Crippen LogP contribution in [0.15, 0.2) is 35.0 Å². The summed E-state index contributed by atoms with van der Waals surface area (Å²) in [6.45, 7) is 1.51. The van der Waals surface area contributed by atoms with Crippen LogP contribution in [0.5, 0.6) is 5.75 Å². The first-order chi connectivity index (χ1) is 10.8. The summed E-state index contributed by atoms with van der Waals surface area (Å²) in [6.07, 6.45) is 3.74. The van der Waals surface area contributed by atoms with Gasteiger partial charge in [0.25, 0.3) is 0 Å². The van der Waals surface area contributed by atoms with Crippen LogP contribution in [0.25, 0.3) is 0 Å². The molecule has 22 heavy (non-hydrogen) atoms. The van der Waals surface area contributed by atoms with Gasteiger partial charge >= 0.3 is 0 Å². The van der Waals surface area contributed by atoms with Gasteiger partial charge in [-0.2, -0.15) is 11.3 Å². The van der Waals surface area contributed by atoms with E-state index >= 15 is 0 Å². The molecule has 4 rings (SSSR count). The van der Waals surface area contributed by atoms with Crippen LogP contribution in [-0.4, -0.2) is 23.5 Å². The van der Waals surface area contributed by atoms with Crippen molar-refractivity contribution in [3.8, 4) is 5.75 Å². The monoisotopic (exact) mass is 313 g/mol. The average Bonchev–Trinajstić information content (AvgIpc) is 3.03. The lowest BCUT2D eigenvalue weighted by molar-refractivity contribution is -0.131. The lowest BCUT2D eigenvalue weighted by atomic mass is 10.1. The van der Waals surface area contributed by atoms with Crippen LogP contribution in [-0.2, 0) is 24.2 Å². The number of carbonyl (C=O) groups excluding carboxylic acids is 1. The van der Waals surface area contributed by atoms with Gasteiger partial charge in [-0.1, -0.05) is 12.1 Å². The predicted molar refractivity (Wildman–Crippen MR) is 87.2 cm³/mol. The number of rotatable bonds is 5. The van der Waals surface area contributed by atoms with E-state index in [4.69, 9.17) is 4.74 Å². The number of carbonyl (C=O) groups is 1. The topological polar surface area (TPSA) is 29.5 Å². The zero-order valence-corrected chi connectivity index (χ0v) is 13.3. The first kappa shape index (κ1) is 13.8. The molecule has 0 unspecified atom stereocenters. The molecule has 2 heterocycles. The van der Waals surface area contributed by atoms with Crippen molar-refractivity contribution in [1.82, 2.24) is 4.90 Å². The van der Waals surface area contributed by atoms with E-state index in [1.807, 2.05) is 12.1 Å². The van der Waals surface area contributed by atoms with Crippen LogP contribution in [0.3, 0.4) is 0 Å². The third kappa shape index (κ3) is 2.88. The third-order valence-electron chi connectivity index (χ3n) is 4.35. The highest BCUT2D eigenvalue weighted by Gasteiger charge is 2.32. The van der Waals surface area contributed by atoms with Crippen LogP contribution in [0.2, 0.25) is 0 Å². The van der Waals surface area contributed by atoms with E-state index in [9.17, 15) is 4.79 Å². The molecule has 3 nitrogen and oxygen atoms in total. The molecular formula is C18H19NO2S. The summed E-state index contributed by atoms with van der Waals surface area (Å²) < 4.78 is 5.53. The Morgan fingerprint density at radius 2 is 2.18 bits per heavy atom. The summed E-state index contributed by atoms with van der Waals surface area (Å²) in [7, 11) is 0. The molecule has 2 aromatic rings. The lowest BCUT2D eigenvalue weighted by Crippen LogP contribution is -2.33. The Hall–Kier alpha value is -1.81. The zero-order valence-electron chi connectivity index (χ0n) is 12.5. The molecule has 1 saturated carbocycles. The summed E-state index contributed by atoms with van der Waals surface area (Å²) in [5, 5.41) is 4.21. The number of amides is 1. The Labute approximate surface area is 134 Å². The van der Waals surface area contributed by atoms with Gasteiger partial charge in [0.05, 0.1) is 13.0 Å². The van der Waals surface area contributed by atoms with Crippen molar-refractivity contribution in [3.05, 3.63) is 51.7 Å². The van der Waals surface area contributed by atoms with E-state index in [1.165, 1.54) is 11.1 Å². The number of fused-ring (bicyclic) bond motifs is 1. The summed E-state index contributed by atoms with van der Waals surface area (Å²) in [4.78, 5) is 14.8. The quantitative estimate of drug-likeness (QED) is 0.846. The minimum absolute atomic E-state index is 0.243. The van der Waals surface area contributed by atoms with E-state index < -0.39 is 0 Å². The third-order valence-corrected chi connectivity index (χ3v) is 5.08. The van der Waals surface area contributed by atoms with E-state index in [-0.39, 0.29) is 5.91 Å². The maximum absolute atomic E-state index is 12.7. The second kappa shape index (κ2) is 5.76. The molecule has 0 N–H and O–H groups in total. The largest absolute Gasteiger partial charge is 0.493 e. The normalized spacial score (nSPS) is 16.2. The Bertz CT molecular complexity index is 676. The van der Waals surface area contributed by atoms with Gasteiger partial charge in [0.2, 0.25) is 5.91 Å². The number of nitrogens with zero attached hydrogens (tertiary/aromatic N) is 1. The molecule has 0 bridgehead atoms. The van der Waals surface area contributed by atoms with Gasteiger partial charge in [0.1, 0.15) is 5.75 Å². The Morgan fingerprint density at radius 1 is 1.27 bits per heavy atom. The summed E-state index contributed by atoms with van der Waals surface area (Å²) >= 11 is 1.69. The Balaban J connectivity index is 1.47. The fourth-order valence-corrected chi connectivity index (χ4v) is 3.67. The maximum atomic E-state index is 12.7. The molecule has 1 aromatic carbocycles. The van der Waals surface area contributed by atoms with Crippen LogP contribution in [0.4, 0.5) is 0 Å². The first-order valence-electron chi connectivity index (χ1n) is 7.85. The Morgan fingerprint density at radius 3 is 2.95 bits per heavy atom. The van der Waals surface area contributed by atoms with Gasteiger partial charge in [-0.3, -0.25) is 4.79 Å². The van der Waals surface area contributed by atoms with Gasteiger partial charge in [0.15, 0.2) is 0 Å². The number of hydrogen-bond acceptors (Lipinski definition) is 3. The lowest BCUT2D eigenvalue weighted by Gasteiger charge is -2.22. The van der Waals surface area contributed by atoms with E-state index in [1.54, 1.807) is 11.3 Å². The zero-order chi connectivity index (χ0) is 14.9. The van der Waals surface area contributed by atoms with E-state index in [0.29, 0.717) is 12.5 Å². The Kier molecular flexibility index (Phi) is 3.62. The van der Waals surface area contributed by atoms with Crippen LogP contribution >= 0.6 is 11.3 Å².